The van der Waals surface area contributed by atoms with Gasteiger partial charge in [0.05, 0.1) is 25.9 Å². The first-order chi connectivity index (χ1) is 9.66. The molecule has 0 aliphatic carbocycles. The van der Waals surface area contributed by atoms with Crippen LogP contribution in [0.3, 0.4) is 0 Å². The van der Waals surface area contributed by atoms with Crippen LogP contribution in [-0.4, -0.2) is 57.7 Å². The van der Waals surface area contributed by atoms with Crippen molar-refractivity contribution in [2.75, 3.05) is 45.8 Å². The number of carbonyl (C=O) groups is 1. The maximum absolute atomic E-state index is 10.7. The monoisotopic (exact) mass is 309 g/mol. The fraction of sp³-hybridized carbons (Fsp3) is 0.929. The summed E-state index contributed by atoms with van der Waals surface area (Å²) in [4.78, 5) is 10.7. The number of Topliss-reactive ketones (excluding diaryl/α,β-unsaturated/α-hetero) is 1. The van der Waals surface area contributed by atoms with E-state index < -0.39 is 0 Å². The van der Waals surface area contributed by atoms with E-state index in [1.807, 2.05) is 27.8 Å². The van der Waals surface area contributed by atoms with Gasteiger partial charge in [-0.05, 0) is 39.4 Å². The van der Waals surface area contributed by atoms with Crippen molar-refractivity contribution >= 4 is 17.8 Å². The van der Waals surface area contributed by atoms with Crippen molar-refractivity contribution in [3.63, 3.8) is 0 Å². The highest BCUT2D eigenvalue weighted by molar-refractivity contribution is 7.94. The van der Waals surface area contributed by atoms with E-state index in [1.165, 1.54) is 19.0 Å². The molecule has 20 heavy (non-hydrogen) atoms. The Morgan fingerprint density at radius 2 is 1.95 bits per heavy atom. The SMILES string of the molecule is CC.CNCCOCCSOCCC(C)OCC(C)=O. The highest BCUT2D eigenvalue weighted by Crippen LogP contribution is 2.05. The van der Waals surface area contributed by atoms with Gasteiger partial charge >= 0.3 is 0 Å². The van der Waals surface area contributed by atoms with Crippen molar-refractivity contribution in [1.29, 1.82) is 0 Å². The molecule has 0 bridgehead atoms. The predicted molar refractivity (Wildman–Crippen MR) is 85.2 cm³/mol. The quantitative estimate of drug-likeness (QED) is 0.416. The molecule has 6 heteroatoms. The number of hydrogen-bond acceptors (Lipinski definition) is 6. The molecule has 0 aromatic carbocycles. The van der Waals surface area contributed by atoms with Crippen LogP contribution in [0.5, 0.6) is 0 Å². The van der Waals surface area contributed by atoms with E-state index in [0.29, 0.717) is 13.2 Å². The van der Waals surface area contributed by atoms with E-state index in [0.717, 1.165) is 25.3 Å². The summed E-state index contributed by atoms with van der Waals surface area (Å²) in [5, 5.41) is 3.01. The molecule has 0 aliphatic heterocycles. The first-order valence-corrected chi connectivity index (χ1v) is 8.15. The number of likely N-dealkylation sites (N-methyl/N-ethyl adjacent to an activating group) is 1. The molecular formula is C14H31NO4S. The average molecular weight is 309 g/mol. The molecule has 0 spiro atoms. The third kappa shape index (κ3) is 20.2. The van der Waals surface area contributed by atoms with Gasteiger partial charge in [0.15, 0.2) is 5.78 Å². The van der Waals surface area contributed by atoms with Crippen LogP contribution < -0.4 is 5.32 Å². The van der Waals surface area contributed by atoms with Crippen LogP contribution in [0.2, 0.25) is 0 Å². The number of hydrogen-bond donors (Lipinski definition) is 1. The molecular weight excluding hydrogens is 278 g/mol. The van der Waals surface area contributed by atoms with E-state index in [2.05, 4.69) is 5.32 Å². The van der Waals surface area contributed by atoms with Gasteiger partial charge in [-0.3, -0.25) is 4.79 Å². The van der Waals surface area contributed by atoms with Gasteiger partial charge in [0.2, 0.25) is 0 Å². The van der Waals surface area contributed by atoms with Crippen LogP contribution in [0, 0.1) is 0 Å². The topological polar surface area (TPSA) is 56.8 Å². The molecule has 0 rings (SSSR count). The largest absolute Gasteiger partial charge is 0.379 e. The minimum Gasteiger partial charge on any atom is -0.379 e. The fourth-order valence-electron chi connectivity index (χ4n) is 1.04. The molecule has 0 fully saturated rings. The molecule has 1 atom stereocenters. The molecule has 0 saturated carbocycles. The summed E-state index contributed by atoms with van der Waals surface area (Å²) in [6.45, 7) is 10.6. The summed E-state index contributed by atoms with van der Waals surface area (Å²) in [5.74, 6) is 0.878. The highest BCUT2D eigenvalue weighted by Gasteiger charge is 2.03. The fourth-order valence-corrected chi connectivity index (χ4v) is 1.56. The maximum Gasteiger partial charge on any atom is 0.155 e. The molecule has 122 valence electrons. The minimum atomic E-state index is 0.0517. The molecule has 0 aliphatic rings. The molecule has 0 amide bonds. The Balaban J connectivity index is 0. The normalized spacial score (nSPS) is 11.7. The van der Waals surface area contributed by atoms with Gasteiger partial charge in [0, 0.05) is 12.3 Å². The lowest BCUT2D eigenvalue weighted by molar-refractivity contribution is -0.123. The van der Waals surface area contributed by atoms with E-state index >= 15 is 0 Å². The molecule has 0 aromatic rings. The third-order valence-corrected chi connectivity index (χ3v) is 2.74. The predicted octanol–water partition coefficient (Wildman–Crippen LogP) is 2.30. The third-order valence-electron chi connectivity index (χ3n) is 2.07. The van der Waals surface area contributed by atoms with Crippen molar-refractivity contribution in [2.24, 2.45) is 0 Å². The van der Waals surface area contributed by atoms with Crippen molar-refractivity contribution < 1.29 is 18.5 Å². The lowest BCUT2D eigenvalue weighted by Gasteiger charge is -2.11. The summed E-state index contributed by atoms with van der Waals surface area (Å²) >= 11 is 1.41. The molecule has 0 radical (unpaired) electrons. The lowest BCUT2D eigenvalue weighted by atomic mass is 10.3. The van der Waals surface area contributed by atoms with Gasteiger partial charge in [0.1, 0.15) is 6.61 Å². The summed E-state index contributed by atoms with van der Waals surface area (Å²) in [6, 6.07) is 0. The van der Waals surface area contributed by atoms with E-state index in [9.17, 15) is 4.79 Å². The number of carbonyl (C=O) groups excluding carboxylic acids is 1. The molecule has 0 aromatic heterocycles. The smallest absolute Gasteiger partial charge is 0.155 e. The Bertz CT molecular complexity index is 206. The van der Waals surface area contributed by atoms with Gasteiger partial charge in [-0.15, -0.1) is 0 Å². The Morgan fingerprint density at radius 1 is 1.25 bits per heavy atom. The molecule has 5 nitrogen and oxygen atoms in total. The summed E-state index contributed by atoms with van der Waals surface area (Å²) in [6.07, 6.45) is 0.849. The van der Waals surface area contributed by atoms with Gasteiger partial charge in [-0.2, -0.15) is 0 Å². The second-order valence-corrected chi connectivity index (χ2v) is 4.85. The Labute approximate surface area is 128 Å². The zero-order valence-corrected chi connectivity index (χ0v) is 14.4. The second kappa shape index (κ2) is 18.9. The first-order valence-electron chi connectivity index (χ1n) is 7.24. The molecule has 0 heterocycles. The Hall–Kier alpha value is -0.140. The summed E-state index contributed by atoms with van der Waals surface area (Å²) < 4.78 is 16.0. The second-order valence-electron chi connectivity index (χ2n) is 3.97. The van der Waals surface area contributed by atoms with Crippen molar-refractivity contribution in [1.82, 2.24) is 5.32 Å². The van der Waals surface area contributed by atoms with Crippen LogP contribution >= 0.6 is 12.0 Å². The molecule has 1 N–H and O–H groups in total. The van der Waals surface area contributed by atoms with E-state index in [-0.39, 0.29) is 18.5 Å². The molecule has 1 unspecified atom stereocenters. The van der Waals surface area contributed by atoms with Crippen LogP contribution in [0.25, 0.3) is 0 Å². The summed E-state index contributed by atoms with van der Waals surface area (Å²) in [7, 11) is 1.90. The van der Waals surface area contributed by atoms with E-state index in [1.54, 1.807) is 0 Å². The highest BCUT2D eigenvalue weighted by atomic mass is 32.2. The first kappa shape index (κ1) is 22.1. The minimum absolute atomic E-state index is 0.0517. The standard InChI is InChI=1S/C12H25NO4S.C2H6/c1-11(14)10-16-12(2)4-6-17-18-9-8-15-7-5-13-3;1-2/h12-13H,4-10H2,1-3H3;1-2H3. The Morgan fingerprint density at radius 3 is 2.55 bits per heavy atom. The number of nitrogens with one attached hydrogen (secondary N) is 1. The van der Waals surface area contributed by atoms with Crippen LogP contribution in [0.4, 0.5) is 0 Å². The number of ether oxygens (including phenoxy) is 2. The van der Waals surface area contributed by atoms with Gasteiger partial charge in [0.25, 0.3) is 0 Å². The molecule has 0 saturated heterocycles. The summed E-state index contributed by atoms with van der Waals surface area (Å²) in [5.41, 5.74) is 0. The van der Waals surface area contributed by atoms with Crippen molar-refractivity contribution in [2.45, 2.75) is 40.2 Å². The maximum atomic E-state index is 10.7. The lowest BCUT2D eigenvalue weighted by Crippen LogP contribution is -2.16. The zero-order chi connectivity index (χ0) is 15.6. The van der Waals surface area contributed by atoms with Crippen LogP contribution in [0.1, 0.15) is 34.1 Å². The zero-order valence-electron chi connectivity index (χ0n) is 13.6. The van der Waals surface area contributed by atoms with Gasteiger partial charge in [-0.25, -0.2) is 0 Å². The number of ketones is 1. The van der Waals surface area contributed by atoms with Crippen LogP contribution in [0.15, 0.2) is 0 Å². The Kier molecular flexibility index (Phi) is 20.9. The number of rotatable bonds is 13. The average Bonchev–Trinajstić information content (AvgIpc) is 2.45. The van der Waals surface area contributed by atoms with Crippen molar-refractivity contribution in [3.05, 3.63) is 0 Å². The van der Waals surface area contributed by atoms with Gasteiger partial charge in [-0.1, -0.05) is 13.8 Å². The van der Waals surface area contributed by atoms with Crippen LogP contribution in [-0.2, 0) is 18.5 Å². The van der Waals surface area contributed by atoms with E-state index in [4.69, 9.17) is 13.7 Å². The van der Waals surface area contributed by atoms with Gasteiger partial charge < -0.3 is 19.0 Å². The van der Waals surface area contributed by atoms with Crippen molar-refractivity contribution in [3.8, 4) is 0 Å².